The molecule has 13 nitrogen and oxygen atoms in total. The Balaban J connectivity index is 1.44. The van der Waals surface area contributed by atoms with Crippen LogP contribution in [0.4, 0.5) is 4.79 Å². The Hall–Kier alpha value is -3.52. The lowest BCUT2D eigenvalue weighted by Crippen LogP contribution is -2.55. The Morgan fingerprint density at radius 3 is 2.43 bits per heavy atom. The zero-order chi connectivity index (χ0) is 34.2. The van der Waals surface area contributed by atoms with Gasteiger partial charge in [-0.2, -0.15) is 0 Å². The number of aromatic nitrogens is 1. The van der Waals surface area contributed by atoms with Crippen LogP contribution in [0, 0.1) is 5.92 Å². The molecule has 0 bridgehead atoms. The molecule has 14 heteroatoms. The third kappa shape index (κ3) is 11.0. The third-order valence-corrected chi connectivity index (χ3v) is 9.27. The molecule has 1 aromatic heterocycles. The van der Waals surface area contributed by atoms with E-state index in [0.29, 0.717) is 62.2 Å². The Kier molecular flexibility index (Phi) is 12.4. The minimum atomic E-state index is -3.68. The second kappa shape index (κ2) is 16.1. The van der Waals surface area contributed by atoms with Crippen molar-refractivity contribution in [1.82, 2.24) is 25.2 Å². The Bertz CT molecular complexity index is 1480. The van der Waals surface area contributed by atoms with E-state index in [2.05, 4.69) is 20.3 Å². The summed E-state index contributed by atoms with van der Waals surface area (Å²) in [4.78, 5) is 58.9. The zero-order valence-corrected chi connectivity index (χ0v) is 28.7. The highest BCUT2D eigenvalue weighted by Crippen LogP contribution is 2.30. The number of hydrogen-bond acceptors (Lipinski definition) is 9. The van der Waals surface area contributed by atoms with E-state index in [4.69, 9.17) is 9.15 Å². The van der Waals surface area contributed by atoms with Crippen LogP contribution in [0.3, 0.4) is 0 Å². The average molecular weight is 676 g/mol. The molecule has 47 heavy (non-hydrogen) atoms. The molecule has 2 aliphatic rings. The van der Waals surface area contributed by atoms with Crippen molar-refractivity contribution in [3.63, 3.8) is 0 Å². The van der Waals surface area contributed by atoms with Gasteiger partial charge in [0.15, 0.2) is 5.58 Å². The molecule has 1 aliphatic heterocycles. The van der Waals surface area contributed by atoms with Crippen LogP contribution in [0.2, 0.25) is 0 Å². The highest BCUT2D eigenvalue weighted by atomic mass is 32.2. The second-order valence-electron chi connectivity index (χ2n) is 13.7. The summed E-state index contributed by atoms with van der Waals surface area (Å²) in [7, 11) is -3.68. The number of fused-ring (bicyclic) bond motifs is 1. The molecule has 0 unspecified atom stereocenters. The molecule has 1 aromatic carbocycles. The molecule has 2 fully saturated rings. The fourth-order valence-corrected chi connectivity index (χ4v) is 7.07. The van der Waals surface area contributed by atoms with E-state index in [9.17, 15) is 27.6 Å². The number of amides is 3. The van der Waals surface area contributed by atoms with Crippen LogP contribution in [0.25, 0.3) is 11.1 Å². The molecular weight excluding hydrogens is 626 g/mol. The normalized spacial score (nSPS) is 18.6. The van der Waals surface area contributed by atoms with E-state index >= 15 is 0 Å². The predicted molar refractivity (Wildman–Crippen MR) is 176 cm³/mol. The molecule has 1 aliphatic carbocycles. The number of ether oxygens (including phenoxy) is 1. The molecule has 4 rings (SSSR count). The van der Waals surface area contributed by atoms with Gasteiger partial charge in [0.05, 0.1) is 12.3 Å². The number of ketones is 1. The van der Waals surface area contributed by atoms with Gasteiger partial charge < -0.3 is 24.7 Å². The summed E-state index contributed by atoms with van der Waals surface area (Å²) in [5, 5.41) is 5.54. The number of para-hydroxylation sites is 2. The highest BCUT2D eigenvalue weighted by Gasteiger charge is 2.39. The minimum Gasteiger partial charge on any atom is -0.444 e. The number of unbranched alkanes of at least 4 members (excludes halogenated alkanes) is 1. The van der Waals surface area contributed by atoms with Crippen LogP contribution in [0.1, 0.15) is 102 Å². The van der Waals surface area contributed by atoms with Gasteiger partial charge in [0.25, 0.3) is 5.89 Å². The number of sulfonamides is 1. The fourth-order valence-electron chi connectivity index (χ4n) is 6.34. The first-order valence-corrected chi connectivity index (χ1v) is 18.5. The molecular formula is C33H49N5O8S. The summed E-state index contributed by atoms with van der Waals surface area (Å²) in [6.45, 7) is 5.94. The summed E-state index contributed by atoms with van der Waals surface area (Å²) in [6.07, 6.45) is 8.18. The average Bonchev–Trinajstić information content (AvgIpc) is 3.77. The van der Waals surface area contributed by atoms with E-state index in [-0.39, 0.29) is 12.3 Å². The monoisotopic (exact) mass is 675 g/mol. The third-order valence-electron chi connectivity index (χ3n) is 8.56. The van der Waals surface area contributed by atoms with E-state index < -0.39 is 57.4 Å². The summed E-state index contributed by atoms with van der Waals surface area (Å²) >= 11 is 0. The number of rotatable bonds is 15. The molecule has 3 amide bonds. The molecule has 3 N–H and O–H groups in total. The van der Waals surface area contributed by atoms with Gasteiger partial charge in [0, 0.05) is 13.1 Å². The molecule has 2 aromatic rings. The largest absolute Gasteiger partial charge is 0.444 e. The van der Waals surface area contributed by atoms with Gasteiger partial charge in [-0.05, 0) is 83.8 Å². The lowest BCUT2D eigenvalue weighted by atomic mass is 9.98. The van der Waals surface area contributed by atoms with Gasteiger partial charge >= 0.3 is 6.09 Å². The van der Waals surface area contributed by atoms with E-state index in [1.54, 1.807) is 45.0 Å². The summed E-state index contributed by atoms with van der Waals surface area (Å²) in [6, 6.07) is 4.15. The van der Waals surface area contributed by atoms with Crippen molar-refractivity contribution >= 4 is 44.8 Å². The Morgan fingerprint density at radius 2 is 1.74 bits per heavy atom. The van der Waals surface area contributed by atoms with Crippen molar-refractivity contribution in [2.45, 2.75) is 115 Å². The topological polar surface area (TPSA) is 177 Å². The van der Waals surface area contributed by atoms with E-state index in [1.165, 1.54) is 4.90 Å². The van der Waals surface area contributed by atoms with Crippen LogP contribution in [-0.4, -0.2) is 85.1 Å². The maximum Gasteiger partial charge on any atom is 0.407 e. The maximum atomic E-state index is 13.8. The maximum absolute atomic E-state index is 13.8. The second-order valence-corrected chi connectivity index (χ2v) is 15.5. The number of benzene rings is 1. The van der Waals surface area contributed by atoms with Crippen LogP contribution in [0.5, 0.6) is 0 Å². The molecule has 0 spiro atoms. The van der Waals surface area contributed by atoms with Gasteiger partial charge in [-0.1, -0.05) is 37.8 Å². The standard InChI is InChI=1S/C33H49N5O8S/c1-33(2,3)46-32(42)34-20-10-9-15-24(28(39)30-36-23-14-7-8-17-27(23)45-30)35-29(40)26-16-11-21-38(26)31(41)25(37-47(4,43)44)19-18-22-12-5-6-13-22/h7-8,14,17,22,24-26,37H,5-6,9-13,15-16,18-21H2,1-4H3,(H,34,42)(H,35,40)/t24-,25+,26-/m0/s1. The van der Waals surface area contributed by atoms with Crippen molar-refractivity contribution in [1.29, 1.82) is 0 Å². The summed E-state index contributed by atoms with van der Waals surface area (Å²) < 4.78 is 37.9. The molecule has 1 saturated heterocycles. The van der Waals surface area contributed by atoms with Crippen molar-refractivity contribution in [3.05, 3.63) is 30.2 Å². The number of likely N-dealkylation sites (tertiary alicyclic amines) is 1. The number of carbonyl (C=O) groups is 4. The summed E-state index contributed by atoms with van der Waals surface area (Å²) in [5.74, 6) is -1.10. The Morgan fingerprint density at radius 1 is 1.02 bits per heavy atom. The van der Waals surface area contributed by atoms with E-state index in [0.717, 1.165) is 38.4 Å². The van der Waals surface area contributed by atoms with Gasteiger partial charge in [-0.15, -0.1) is 0 Å². The summed E-state index contributed by atoms with van der Waals surface area (Å²) in [5.41, 5.74) is 0.326. The predicted octanol–water partition coefficient (Wildman–Crippen LogP) is 4.07. The number of hydrogen-bond donors (Lipinski definition) is 3. The van der Waals surface area contributed by atoms with Crippen molar-refractivity contribution < 1.29 is 36.7 Å². The van der Waals surface area contributed by atoms with Crippen molar-refractivity contribution in [2.75, 3.05) is 19.3 Å². The highest BCUT2D eigenvalue weighted by molar-refractivity contribution is 7.88. The first-order valence-electron chi connectivity index (χ1n) is 16.6. The molecule has 1 saturated carbocycles. The number of Topliss-reactive ketones (excluding diaryl/α,β-unsaturated/α-hetero) is 1. The lowest BCUT2D eigenvalue weighted by Gasteiger charge is -2.29. The van der Waals surface area contributed by atoms with Crippen molar-refractivity contribution in [2.24, 2.45) is 5.92 Å². The van der Waals surface area contributed by atoms with Crippen LogP contribution in [0.15, 0.2) is 28.7 Å². The van der Waals surface area contributed by atoms with Crippen molar-refractivity contribution in [3.8, 4) is 0 Å². The smallest absolute Gasteiger partial charge is 0.407 e. The molecule has 3 atom stereocenters. The number of alkyl carbamates (subject to hydrolysis) is 1. The van der Waals surface area contributed by atoms with Gasteiger partial charge in [-0.25, -0.2) is 22.9 Å². The zero-order valence-electron chi connectivity index (χ0n) is 27.9. The van der Waals surface area contributed by atoms with Gasteiger partial charge in [0.2, 0.25) is 27.6 Å². The number of carbonyl (C=O) groups excluding carboxylic acids is 4. The van der Waals surface area contributed by atoms with Gasteiger partial charge in [0.1, 0.15) is 23.2 Å². The minimum absolute atomic E-state index is 0.132. The lowest BCUT2D eigenvalue weighted by molar-refractivity contribution is -0.140. The van der Waals surface area contributed by atoms with Crippen LogP contribution < -0.4 is 15.4 Å². The molecule has 2 heterocycles. The first-order chi connectivity index (χ1) is 22.2. The van der Waals surface area contributed by atoms with Gasteiger partial charge in [-0.3, -0.25) is 14.4 Å². The number of nitrogens with zero attached hydrogens (tertiary/aromatic N) is 2. The molecule has 260 valence electrons. The number of nitrogens with one attached hydrogen (secondary N) is 3. The number of oxazole rings is 1. The molecule has 0 radical (unpaired) electrons. The Labute approximate surface area is 277 Å². The van der Waals surface area contributed by atoms with Crippen LogP contribution >= 0.6 is 0 Å². The quantitative estimate of drug-likeness (QED) is 0.186. The fraction of sp³-hybridized carbons (Fsp3) is 0.667. The SMILES string of the molecule is CC(C)(C)OC(=O)NCCCC[C@H](NC(=O)[C@@H]1CCCN1C(=O)[C@@H](CCC1CCCC1)NS(C)(=O)=O)C(=O)c1nc2ccccc2o1. The first kappa shape index (κ1) is 36.3. The van der Waals surface area contributed by atoms with E-state index in [1.807, 2.05) is 0 Å². The van der Waals surface area contributed by atoms with Crippen LogP contribution in [-0.2, 0) is 24.3 Å².